The number of nitro groups is 1. The lowest BCUT2D eigenvalue weighted by atomic mass is 10.1. The SMILES string of the molecule is COc1ccc(CCNC(=O)c2cc(OC)c(OC)c(OC)c2[N+](=O)[O-])cc1OC. The molecule has 0 fully saturated rings. The molecule has 0 aliphatic heterocycles. The Morgan fingerprint density at radius 1 is 0.900 bits per heavy atom. The van der Waals surface area contributed by atoms with Crippen LogP contribution in [0.3, 0.4) is 0 Å². The molecule has 30 heavy (non-hydrogen) atoms. The fraction of sp³-hybridized carbons (Fsp3) is 0.350. The van der Waals surface area contributed by atoms with Crippen LogP contribution in [0.25, 0.3) is 0 Å². The van der Waals surface area contributed by atoms with Gasteiger partial charge in [-0.2, -0.15) is 0 Å². The van der Waals surface area contributed by atoms with Gasteiger partial charge in [0.05, 0.1) is 40.5 Å². The minimum Gasteiger partial charge on any atom is -0.493 e. The Hall–Kier alpha value is -3.69. The van der Waals surface area contributed by atoms with Crippen LogP contribution in [-0.2, 0) is 6.42 Å². The van der Waals surface area contributed by atoms with Crippen LogP contribution >= 0.6 is 0 Å². The molecule has 0 aliphatic rings. The number of hydrogen-bond donors (Lipinski definition) is 1. The smallest absolute Gasteiger partial charge is 0.327 e. The van der Waals surface area contributed by atoms with Gasteiger partial charge in [-0.1, -0.05) is 6.07 Å². The molecule has 2 aromatic rings. The second-order valence-electron chi connectivity index (χ2n) is 5.99. The Labute approximate surface area is 173 Å². The molecule has 0 heterocycles. The molecule has 1 amide bonds. The van der Waals surface area contributed by atoms with Crippen molar-refractivity contribution in [3.63, 3.8) is 0 Å². The number of methoxy groups -OCH3 is 5. The van der Waals surface area contributed by atoms with E-state index in [1.54, 1.807) is 19.2 Å². The lowest BCUT2D eigenvalue weighted by Crippen LogP contribution is -2.26. The van der Waals surface area contributed by atoms with Crippen molar-refractivity contribution in [2.24, 2.45) is 0 Å². The molecular weight excluding hydrogens is 396 g/mol. The van der Waals surface area contributed by atoms with Gasteiger partial charge in [0.2, 0.25) is 11.5 Å². The van der Waals surface area contributed by atoms with Crippen molar-refractivity contribution in [3.8, 4) is 28.7 Å². The summed E-state index contributed by atoms with van der Waals surface area (Å²) in [5, 5.41) is 14.3. The molecule has 0 atom stereocenters. The summed E-state index contributed by atoms with van der Waals surface area (Å²) in [6.45, 7) is 0.238. The monoisotopic (exact) mass is 420 g/mol. The number of ether oxygens (including phenoxy) is 5. The van der Waals surface area contributed by atoms with Gasteiger partial charge in [0.25, 0.3) is 5.91 Å². The summed E-state index contributed by atoms with van der Waals surface area (Å²) in [7, 11) is 7.02. The molecule has 0 radical (unpaired) electrons. The number of amides is 1. The fourth-order valence-corrected chi connectivity index (χ4v) is 2.95. The van der Waals surface area contributed by atoms with E-state index in [1.165, 1.54) is 34.5 Å². The first-order valence-corrected chi connectivity index (χ1v) is 8.88. The number of carbonyl (C=O) groups excluding carboxylic acids is 1. The average Bonchev–Trinajstić information content (AvgIpc) is 2.76. The van der Waals surface area contributed by atoms with E-state index < -0.39 is 16.5 Å². The number of benzene rings is 2. The van der Waals surface area contributed by atoms with Gasteiger partial charge in [0.1, 0.15) is 5.56 Å². The molecule has 0 spiro atoms. The van der Waals surface area contributed by atoms with E-state index in [0.717, 1.165) is 5.56 Å². The second-order valence-corrected chi connectivity index (χ2v) is 5.99. The topological polar surface area (TPSA) is 118 Å². The Bertz CT molecular complexity index is 930. The zero-order chi connectivity index (χ0) is 22.3. The summed E-state index contributed by atoms with van der Waals surface area (Å²) in [6.07, 6.45) is 0.477. The van der Waals surface area contributed by atoms with Gasteiger partial charge in [-0.05, 0) is 24.1 Å². The lowest BCUT2D eigenvalue weighted by Gasteiger charge is -2.15. The average molecular weight is 420 g/mol. The molecule has 0 saturated carbocycles. The van der Waals surface area contributed by atoms with Gasteiger partial charge >= 0.3 is 5.69 Å². The zero-order valence-electron chi connectivity index (χ0n) is 17.4. The maximum Gasteiger partial charge on any atom is 0.327 e. The third-order valence-electron chi connectivity index (χ3n) is 4.38. The van der Waals surface area contributed by atoms with Crippen molar-refractivity contribution in [3.05, 3.63) is 45.5 Å². The van der Waals surface area contributed by atoms with Gasteiger partial charge in [-0.3, -0.25) is 14.9 Å². The van der Waals surface area contributed by atoms with Crippen molar-refractivity contribution in [1.29, 1.82) is 0 Å². The van der Waals surface area contributed by atoms with Crippen LogP contribution in [0.15, 0.2) is 24.3 Å². The first kappa shape index (κ1) is 22.6. The molecule has 0 saturated heterocycles. The number of nitro benzene ring substituents is 1. The van der Waals surface area contributed by atoms with E-state index in [0.29, 0.717) is 17.9 Å². The van der Waals surface area contributed by atoms with Crippen LogP contribution in [-0.4, -0.2) is 52.9 Å². The maximum atomic E-state index is 12.7. The van der Waals surface area contributed by atoms with E-state index in [9.17, 15) is 14.9 Å². The second kappa shape index (κ2) is 10.2. The van der Waals surface area contributed by atoms with E-state index >= 15 is 0 Å². The van der Waals surface area contributed by atoms with Crippen molar-refractivity contribution < 1.29 is 33.4 Å². The molecule has 0 aromatic heterocycles. The number of nitrogens with zero attached hydrogens (tertiary/aromatic N) is 1. The molecule has 2 aromatic carbocycles. The van der Waals surface area contributed by atoms with Crippen LogP contribution in [0.4, 0.5) is 5.69 Å². The number of nitrogens with one attached hydrogen (secondary N) is 1. The summed E-state index contributed by atoms with van der Waals surface area (Å²) >= 11 is 0. The van der Waals surface area contributed by atoms with Crippen molar-refractivity contribution >= 4 is 11.6 Å². The van der Waals surface area contributed by atoms with E-state index in [2.05, 4.69) is 5.32 Å². The van der Waals surface area contributed by atoms with Crippen LogP contribution in [0.5, 0.6) is 28.7 Å². The molecule has 1 N–H and O–H groups in total. The third-order valence-corrected chi connectivity index (χ3v) is 4.38. The highest BCUT2D eigenvalue weighted by molar-refractivity contribution is 6.00. The molecule has 0 bridgehead atoms. The van der Waals surface area contributed by atoms with Gasteiger partial charge in [0.15, 0.2) is 17.2 Å². The lowest BCUT2D eigenvalue weighted by molar-refractivity contribution is -0.386. The highest BCUT2D eigenvalue weighted by Crippen LogP contribution is 2.46. The van der Waals surface area contributed by atoms with Gasteiger partial charge < -0.3 is 29.0 Å². The van der Waals surface area contributed by atoms with E-state index in [-0.39, 0.29) is 29.4 Å². The van der Waals surface area contributed by atoms with Crippen molar-refractivity contribution in [2.75, 3.05) is 42.1 Å². The minimum atomic E-state index is -0.690. The Morgan fingerprint density at radius 3 is 2.07 bits per heavy atom. The molecule has 162 valence electrons. The Kier molecular flexibility index (Phi) is 7.68. The highest BCUT2D eigenvalue weighted by Gasteiger charge is 2.32. The third kappa shape index (κ3) is 4.65. The van der Waals surface area contributed by atoms with Crippen LogP contribution < -0.4 is 29.0 Å². The molecule has 10 heteroatoms. The molecule has 0 unspecified atom stereocenters. The summed E-state index contributed by atoms with van der Waals surface area (Å²) in [6, 6.07) is 6.66. The molecular formula is C20H24N2O8. The fourth-order valence-electron chi connectivity index (χ4n) is 2.95. The number of carbonyl (C=O) groups is 1. The maximum absolute atomic E-state index is 12.7. The predicted molar refractivity (Wildman–Crippen MR) is 108 cm³/mol. The zero-order valence-corrected chi connectivity index (χ0v) is 17.4. The normalized spacial score (nSPS) is 10.2. The molecule has 2 rings (SSSR count). The molecule has 10 nitrogen and oxygen atoms in total. The minimum absolute atomic E-state index is 0.0357. The summed E-state index contributed by atoms with van der Waals surface area (Å²) in [5.74, 6) is 0.520. The van der Waals surface area contributed by atoms with E-state index in [4.69, 9.17) is 23.7 Å². The first-order valence-electron chi connectivity index (χ1n) is 8.88. The van der Waals surface area contributed by atoms with Crippen LogP contribution in [0.1, 0.15) is 15.9 Å². The van der Waals surface area contributed by atoms with Crippen molar-refractivity contribution in [1.82, 2.24) is 5.32 Å². The predicted octanol–water partition coefficient (Wildman–Crippen LogP) is 2.61. The standard InChI is InChI=1S/C20H24N2O8/c1-26-14-7-6-12(10-15(14)27-2)8-9-21-20(23)13-11-16(28-3)18(29-4)19(30-5)17(13)22(24)25/h6-7,10-11H,8-9H2,1-5H3,(H,21,23). The quantitative estimate of drug-likeness (QED) is 0.460. The summed E-state index contributed by atoms with van der Waals surface area (Å²) in [5.41, 5.74) is 0.202. The highest BCUT2D eigenvalue weighted by atomic mass is 16.6. The van der Waals surface area contributed by atoms with E-state index in [1.807, 2.05) is 6.07 Å². The number of rotatable bonds is 10. The summed E-state index contributed by atoms with van der Waals surface area (Å²) in [4.78, 5) is 23.6. The number of hydrogen-bond acceptors (Lipinski definition) is 8. The van der Waals surface area contributed by atoms with Crippen molar-refractivity contribution in [2.45, 2.75) is 6.42 Å². The Morgan fingerprint density at radius 2 is 1.53 bits per heavy atom. The van der Waals surface area contributed by atoms with Crippen LogP contribution in [0, 0.1) is 10.1 Å². The largest absolute Gasteiger partial charge is 0.493 e. The van der Waals surface area contributed by atoms with Gasteiger partial charge in [0, 0.05) is 12.6 Å². The Balaban J connectivity index is 2.25. The summed E-state index contributed by atoms with van der Waals surface area (Å²) < 4.78 is 25.9. The molecule has 0 aliphatic carbocycles. The van der Waals surface area contributed by atoms with Gasteiger partial charge in [-0.15, -0.1) is 0 Å². The van der Waals surface area contributed by atoms with Gasteiger partial charge in [-0.25, -0.2) is 0 Å². The van der Waals surface area contributed by atoms with Crippen LogP contribution in [0.2, 0.25) is 0 Å². The first-order chi connectivity index (χ1) is 14.4.